The first kappa shape index (κ1) is 15.7. The number of halogens is 1. The fourth-order valence-corrected chi connectivity index (χ4v) is 2.52. The molecule has 2 aromatic rings. The monoisotopic (exact) mass is 335 g/mol. The van der Waals surface area contributed by atoms with E-state index < -0.39 is 0 Å². The number of hydrogen-bond donors (Lipinski definition) is 4. The first-order valence-electron chi connectivity index (χ1n) is 7.35. The largest absolute Gasteiger partial charge is 0.350 e. The summed E-state index contributed by atoms with van der Waals surface area (Å²) in [7, 11) is 0. The summed E-state index contributed by atoms with van der Waals surface area (Å²) >= 11 is 6.14. The third kappa shape index (κ3) is 3.98. The van der Waals surface area contributed by atoms with E-state index >= 15 is 0 Å². The second kappa shape index (κ2) is 7.40. The van der Waals surface area contributed by atoms with Gasteiger partial charge in [0.25, 0.3) is 5.95 Å². The molecule has 9 heteroatoms. The van der Waals surface area contributed by atoms with Crippen LogP contribution in [-0.4, -0.2) is 46.3 Å². The minimum Gasteiger partial charge on any atom is -0.350 e. The molecule has 1 aromatic carbocycles. The van der Waals surface area contributed by atoms with Crippen LogP contribution in [0.2, 0.25) is 5.02 Å². The molecule has 2 heterocycles. The first-order valence-corrected chi connectivity index (χ1v) is 7.73. The Kier molecular flexibility index (Phi) is 5.06. The van der Waals surface area contributed by atoms with Crippen LogP contribution in [0.15, 0.2) is 24.3 Å². The summed E-state index contributed by atoms with van der Waals surface area (Å²) in [5.74, 6) is 1.01. The van der Waals surface area contributed by atoms with Crippen LogP contribution in [0.25, 0.3) is 0 Å². The van der Waals surface area contributed by atoms with Gasteiger partial charge < -0.3 is 15.5 Å². The molecular formula is C14H18ClN7O. The van der Waals surface area contributed by atoms with Crippen molar-refractivity contribution in [3.63, 3.8) is 0 Å². The highest BCUT2D eigenvalue weighted by atomic mass is 35.5. The zero-order valence-corrected chi connectivity index (χ0v) is 13.2. The molecule has 23 heavy (non-hydrogen) atoms. The van der Waals surface area contributed by atoms with Crippen LogP contribution >= 0.6 is 11.6 Å². The Morgan fingerprint density at radius 3 is 2.61 bits per heavy atom. The standard InChI is InChI=1S/C14H18ClN7O/c15-11-4-2-1-3-10(11)9-17-12-18-13(21-23)20-14(19-12)22-7-5-16-6-8-22/h1-4,16,23H,5-9H2,(H2,17,18,19,20,21). The van der Waals surface area contributed by atoms with Crippen LogP contribution in [0.3, 0.4) is 0 Å². The van der Waals surface area contributed by atoms with Crippen LogP contribution in [0.5, 0.6) is 0 Å². The summed E-state index contributed by atoms with van der Waals surface area (Å²) in [5.41, 5.74) is 2.93. The van der Waals surface area contributed by atoms with Crippen LogP contribution in [0, 0.1) is 0 Å². The van der Waals surface area contributed by atoms with E-state index in [0.717, 1.165) is 31.7 Å². The predicted octanol–water partition coefficient (Wildman–Crippen LogP) is 1.35. The van der Waals surface area contributed by atoms with Crippen LogP contribution in [0.4, 0.5) is 17.8 Å². The van der Waals surface area contributed by atoms with Gasteiger partial charge in [-0.2, -0.15) is 15.0 Å². The number of rotatable bonds is 5. The molecule has 0 unspecified atom stereocenters. The van der Waals surface area contributed by atoms with Crippen molar-refractivity contribution in [1.82, 2.24) is 20.3 Å². The van der Waals surface area contributed by atoms with Gasteiger partial charge >= 0.3 is 0 Å². The summed E-state index contributed by atoms with van der Waals surface area (Å²) < 4.78 is 0. The quantitative estimate of drug-likeness (QED) is 0.608. The molecular weight excluding hydrogens is 318 g/mol. The number of nitrogens with zero attached hydrogens (tertiary/aromatic N) is 4. The van der Waals surface area contributed by atoms with Gasteiger partial charge in [-0.3, -0.25) is 5.21 Å². The van der Waals surface area contributed by atoms with Gasteiger partial charge in [0, 0.05) is 37.7 Å². The van der Waals surface area contributed by atoms with Gasteiger partial charge in [-0.05, 0) is 11.6 Å². The SMILES string of the molecule is ONc1nc(NCc2ccccc2Cl)nc(N2CCNCC2)n1. The molecule has 3 rings (SSSR count). The molecule has 1 aliphatic rings. The Hall–Kier alpha value is -2.16. The maximum absolute atomic E-state index is 9.13. The van der Waals surface area contributed by atoms with Crippen molar-refractivity contribution in [2.24, 2.45) is 0 Å². The Morgan fingerprint density at radius 1 is 1.13 bits per heavy atom. The number of anilines is 3. The molecule has 122 valence electrons. The lowest BCUT2D eigenvalue weighted by atomic mass is 10.2. The highest BCUT2D eigenvalue weighted by molar-refractivity contribution is 6.31. The lowest BCUT2D eigenvalue weighted by Gasteiger charge is -2.27. The van der Waals surface area contributed by atoms with E-state index in [9.17, 15) is 0 Å². The van der Waals surface area contributed by atoms with Gasteiger partial charge in [0.1, 0.15) is 0 Å². The molecule has 4 N–H and O–H groups in total. The van der Waals surface area contributed by atoms with E-state index in [4.69, 9.17) is 16.8 Å². The van der Waals surface area contributed by atoms with E-state index in [1.54, 1.807) is 0 Å². The predicted molar refractivity (Wildman–Crippen MR) is 89.1 cm³/mol. The topological polar surface area (TPSA) is 98.2 Å². The highest BCUT2D eigenvalue weighted by Gasteiger charge is 2.16. The molecule has 0 bridgehead atoms. The fraction of sp³-hybridized carbons (Fsp3) is 0.357. The number of benzene rings is 1. The van der Waals surface area contributed by atoms with E-state index in [2.05, 4.69) is 25.6 Å². The number of nitrogens with one attached hydrogen (secondary N) is 3. The molecule has 0 radical (unpaired) electrons. The molecule has 0 amide bonds. The lowest BCUT2D eigenvalue weighted by molar-refractivity contribution is 0.382. The first-order chi connectivity index (χ1) is 11.3. The van der Waals surface area contributed by atoms with Crippen molar-refractivity contribution in [3.05, 3.63) is 34.9 Å². The van der Waals surface area contributed by atoms with Gasteiger partial charge in [-0.15, -0.1) is 0 Å². The second-order valence-electron chi connectivity index (χ2n) is 5.08. The maximum atomic E-state index is 9.13. The van der Waals surface area contributed by atoms with E-state index in [0.29, 0.717) is 23.5 Å². The van der Waals surface area contributed by atoms with Crippen molar-refractivity contribution < 1.29 is 5.21 Å². The lowest BCUT2D eigenvalue weighted by Crippen LogP contribution is -2.44. The van der Waals surface area contributed by atoms with Crippen molar-refractivity contribution in [1.29, 1.82) is 0 Å². The molecule has 1 aliphatic heterocycles. The number of hydrogen-bond acceptors (Lipinski definition) is 8. The van der Waals surface area contributed by atoms with E-state index in [-0.39, 0.29) is 5.95 Å². The molecule has 0 atom stereocenters. The van der Waals surface area contributed by atoms with Crippen molar-refractivity contribution in [3.8, 4) is 0 Å². The third-order valence-corrected chi connectivity index (χ3v) is 3.89. The van der Waals surface area contributed by atoms with Gasteiger partial charge in [-0.25, -0.2) is 5.48 Å². The number of aromatic nitrogens is 3. The average molecular weight is 336 g/mol. The molecule has 0 saturated carbocycles. The Balaban J connectivity index is 1.77. The van der Waals surface area contributed by atoms with Crippen molar-refractivity contribution >= 4 is 29.4 Å². The van der Waals surface area contributed by atoms with Gasteiger partial charge in [0.2, 0.25) is 11.9 Å². The van der Waals surface area contributed by atoms with Crippen LogP contribution in [0.1, 0.15) is 5.56 Å². The Morgan fingerprint density at radius 2 is 1.87 bits per heavy atom. The summed E-state index contributed by atoms with van der Waals surface area (Å²) in [5, 5.41) is 16.2. The third-order valence-electron chi connectivity index (χ3n) is 3.52. The second-order valence-corrected chi connectivity index (χ2v) is 5.48. The van der Waals surface area contributed by atoms with Gasteiger partial charge in [-0.1, -0.05) is 29.8 Å². The minimum absolute atomic E-state index is 0.107. The summed E-state index contributed by atoms with van der Waals surface area (Å²) in [6, 6.07) is 7.56. The average Bonchev–Trinajstić information content (AvgIpc) is 2.61. The molecule has 8 nitrogen and oxygen atoms in total. The Bertz CT molecular complexity index is 663. The molecule has 0 aliphatic carbocycles. The highest BCUT2D eigenvalue weighted by Crippen LogP contribution is 2.18. The zero-order chi connectivity index (χ0) is 16.1. The molecule has 1 fully saturated rings. The smallest absolute Gasteiger partial charge is 0.253 e. The molecule has 0 spiro atoms. The minimum atomic E-state index is 0.107. The van der Waals surface area contributed by atoms with Crippen molar-refractivity contribution in [2.45, 2.75) is 6.54 Å². The number of piperazine rings is 1. The van der Waals surface area contributed by atoms with E-state index in [1.165, 1.54) is 0 Å². The normalized spacial score (nSPS) is 14.6. The maximum Gasteiger partial charge on any atom is 0.253 e. The summed E-state index contributed by atoms with van der Waals surface area (Å²) in [6.45, 7) is 3.83. The fourth-order valence-electron chi connectivity index (χ4n) is 2.32. The van der Waals surface area contributed by atoms with Gasteiger partial charge in [0.15, 0.2) is 0 Å². The van der Waals surface area contributed by atoms with Crippen molar-refractivity contribution in [2.75, 3.05) is 41.9 Å². The zero-order valence-electron chi connectivity index (χ0n) is 12.5. The molecule has 1 aromatic heterocycles. The van der Waals surface area contributed by atoms with E-state index in [1.807, 2.05) is 34.6 Å². The van der Waals surface area contributed by atoms with Gasteiger partial charge in [0.05, 0.1) is 0 Å². The van der Waals surface area contributed by atoms with Crippen LogP contribution in [-0.2, 0) is 6.54 Å². The molecule has 1 saturated heterocycles. The van der Waals surface area contributed by atoms with Crippen LogP contribution < -0.4 is 21.0 Å². The summed E-state index contributed by atoms with van der Waals surface area (Å²) in [6.07, 6.45) is 0. The summed E-state index contributed by atoms with van der Waals surface area (Å²) in [4.78, 5) is 14.8. The Labute approximate surface area is 138 Å².